The Morgan fingerprint density at radius 3 is 2.48 bits per heavy atom. The van der Waals surface area contributed by atoms with E-state index in [1.807, 2.05) is 37.8 Å². The van der Waals surface area contributed by atoms with Crippen molar-refractivity contribution < 1.29 is 14.6 Å². The summed E-state index contributed by atoms with van der Waals surface area (Å²) in [7, 11) is 0. The number of ether oxygens (including phenoxy) is 1. The van der Waals surface area contributed by atoms with E-state index in [1.54, 1.807) is 12.1 Å². The van der Waals surface area contributed by atoms with Crippen molar-refractivity contribution in [2.75, 3.05) is 6.54 Å². The number of rotatable bonds is 1. The molecule has 1 N–H and O–H groups in total. The highest BCUT2D eigenvalue weighted by Crippen LogP contribution is 2.35. The minimum absolute atomic E-state index is 0.0178. The van der Waals surface area contributed by atoms with Gasteiger partial charge in [0.15, 0.2) is 0 Å². The van der Waals surface area contributed by atoms with E-state index in [4.69, 9.17) is 4.74 Å². The van der Waals surface area contributed by atoms with Crippen LogP contribution in [0.3, 0.4) is 0 Å². The summed E-state index contributed by atoms with van der Waals surface area (Å²) in [6.45, 7) is 8.56. The number of aromatic hydroxyl groups is 1. The number of hydrogen-bond donors (Lipinski definition) is 1. The van der Waals surface area contributed by atoms with Gasteiger partial charge >= 0.3 is 6.09 Å². The molecule has 1 aromatic carbocycles. The molecular weight excluding hydrogens is 266 g/mol. The molecule has 1 aliphatic rings. The molecule has 1 heterocycles. The van der Waals surface area contributed by atoms with E-state index in [9.17, 15) is 9.90 Å². The summed E-state index contributed by atoms with van der Waals surface area (Å²) in [5.74, 6) is 0.814. The van der Waals surface area contributed by atoms with Gasteiger partial charge in [-0.2, -0.15) is 0 Å². The Balaban J connectivity index is 2.21. The average Bonchev–Trinajstić information content (AvgIpc) is 2.37. The van der Waals surface area contributed by atoms with Gasteiger partial charge in [-0.3, -0.25) is 0 Å². The van der Waals surface area contributed by atoms with Gasteiger partial charge in [0, 0.05) is 6.54 Å². The monoisotopic (exact) mass is 291 g/mol. The summed E-state index contributed by atoms with van der Waals surface area (Å²) >= 11 is 0. The number of nitrogens with zero attached hydrogens (tertiary/aromatic N) is 1. The van der Waals surface area contributed by atoms with Gasteiger partial charge < -0.3 is 14.7 Å². The normalized spacial score (nSPS) is 23.0. The van der Waals surface area contributed by atoms with Gasteiger partial charge in [-0.25, -0.2) is 4.79 Å². The van der Waals surface area contributed by atoms with E-state index in [1.165, 1.54) is 0 Å². The van der Waals surface area contributed by atoms with Crippen LogP contribution in [-0.4, -0.2) is 28.2 Å². The number of likely N-dealkylation sites (tertiary alicyclic amines) is 1. The van der Waals surface area contributed by atoms with Crippen molar-refractivity contribution in [3.8, 4) is 5.75 Å². The highest BCUT2D eigenvalue weighted by atomic mass is 16.6. The molecule has 1 aromatic rings. The zero-order valence-electron chi connectivity index (χ0n) is 13.3. The van der Waals surface area contributed by atoms with E-state index < -0.39 is 5.60 Å². The molecule has 1 fully saturated rings. The molecule has 0 aromatic heterocycles. The van der Waals surface area contributed by atoms with Gasteiger partial charge in [0.1, 0.15) is 11.4 Å². The van der Waals surface area contributed by atoms with Gasteiger partial charge in [-0.15, -0.1) is 0 Å². The standard InChI is InChI=1S/C17H25NO3/c1-12-9-10-18(16(20)21-17(2,3)4)15(11-12)13-5-7-14(19)8-6-13/h5-8,12,15,19H,9-11H2,1-4H3/t12-,15+/m1/s1. The van der Waals surface area contributed by atoms with Crippen LogP contribution in [-0.2, 0) is 4.74 Å². The fraction of sp³-hybridized carbons (Fsp3) is 0.588. The number of carbonyl (C=O) groups is 1. The lowest BCUT2D eigenvalue weighted by Crippen LogP contribution is -2.43. The minimum atomic E-state index is -0.486. The van der Waals surface area contributed by atoms with Crippen LogP contribution in [0.2, 0.25) is 0 Å². The molecule has 0 unspecified atom stereocenters. The average molecular weight is 291 g/mol. The van der Waals surface area contributed by atoms with Crippen LogP contribution in [0.4, 0.5) is 4.79 Å². The van der Waals surface area contributed by atoms with Crippen LogP contribution in [0.25, 0.3) is 0 Å². The highest BCUT2D eigenvalue weighted by Gasteiger charge is 2.33. The maximum absolute atomic E-state index is 12.4. The molecule has 21 heavy (non-hydrogen) atoms. The van der Waals surface area contributed by atoms with Crippen molar-refractivity contribution >= 4 is 6.09 Å². The van der Waals surface area contributed by atoms with E-state index in [0.717, 1.165) is 18.4 Å². The van der Waals surface area contributed by atoms with Crippen LogP contribution in [0.15, 0.2) is 24.3 Å². The van der Waals surface area contributed by atoms with Crippen molar-refractivity contribution in [1.82, 2.24) is 4.90 Å². The van der Waals surface area contributed by atoms with Crippen molar-refractivity contribution in [2.24, 2.45) is 5.92 Å². The van der Waals surface area contributed by atoms with Gasteiger partial charge in [-0.1, -0.05) is 19.1 Å². The summed E-state index contributed by atoms with van der Waals surface area (Å²) in [6.07, 6.45) is 1.66. The highest BCUT2D eigenvalue weighted by molar-refractivity contribution is 5.69. The second-order valence-electron chi connectivity index (χ2n) is 6.91. The third kappa shape index (κ3) is 4.13. The second kappa shape index (κ2) is 5.96. The second-order valence-corrected chi connectivity index (χ2v) is 6.91. The first kappa shape index (κ1) is 15.7. The lowest BCUT2D eigenvalue weighted by atomic mass is 9.88. The Bertz CT molecular complexity index is 490. The van der Waals surface area contributed by atoms with Gasteiger partial charge in [-0.05, 0) is 57.2 Å². The number of benzene rings is 1. The molecule has 4 nitrogen and oxygen atoms in total. The number of piperidine rings is 1. The zero-order valence-corrected chi connectivity index (χ0v) is 13.3. The summed E-state index contributed by atoms with van der Waals surface area (Å²) in [6, 6.07) is 7.12. The van der Waals surface area contributed by atoms with Crippen LogP contribution < -0.4 is 0 Å². The first-order valence-corrected chi connectivity index (χ1v) is 7.55. The molecule has 0 spiro atoms. The Morgan fingerprint density at radius 2 is 1.90 bits per heavy atom. The molecule has 2 rings (SSSR count). The molecule has 0 radical (unpaired) electrons. The first-order valence-electron chi connectivity index (χ1n) is 7.55. The summed E-state index contributed by atoms with van der Waals surface area (Å²) < 4.78 is 5.53. The molecule has 116 valence electrons. The maximum atomic E-state index is 12.4. The van der Waals surface area contributed by atoms with Gasteiger partial charge in [0.2, 0.25) is 0 Å². The molecule has 1 aliphatic heterocycles. The van der Waals surface area contributed by atoms with E-state index in [0.29, 0.717) is 12.5 Å². The number of phenols is 1. The Hall–Kier alpha value is -1.71. The third-order valence-corrected chi connectivity index (χ3v) is 3.77. The fourth-order valence-electron chi connectivity index (χ4n) is 2.69. The lowest BCUT2D eigenvalue weighted by Gasteiger charge is -2.39. The summed E-state index contributed by atoms with van der Waals surface area (Å²) in [5, 5.41) is 9.43. The summed E-state index contributed by atoms with van der Waals surface area (Å²) in [4.78, 5) is 14.2. The van der Waals surface area contributed by atoms with E-state index in [-0.39, 0.29) is 17.9 Å². The smallest absolute Gasteiger partial charge is 0.410 e. The lowest BCUT2D eigenvalue weighted by molar-refractivity contribution is 0.00512. The van der Waals surface area contributed by atoms with Crippen molar-refractivity contribution in [1.29, 1.82) is 0 Å². The molecule has 0 saturated carbocycles. The van der Waals surface area contributed by atoms with Gasteiger partial charge in [0.25, 0.3) is 0 Å². The molecule has 4 heteroatoms. The van der Waals surface area contributed by atoms with Crippen molar-refractivity contribution in [3.05, 3.63) is 29.8 Å². The molecular formula is C17H25NO3. The van der Waals surface area contributed by atoms with Crippen LogP contribution >= 0.6 is 0 Å². The van der Waals surface area contributed by atoms with Crippen LogP contribution in [0, 0.1) is 5.92 Å². The quantitative estimate of drug-likeness (QED) is 0.847. The Morgan fingerprint density at radius 1 is 1.29 bits per heavy atom. The fourth-order valence-corrected chi connectivity index (χ4v) is 2.69. The minimum Gasteiger partial charge on any atom is -0.508 e. The third-order valence-electron chi connectivity index (χ3n) is 3.77. The number of carbonyl (C=O) groups excluding carboxylic acids is 1. The summed E-state index contributed by atoms with van der Waals surface area (Å²) in [5.41, 5.74) is 0.560. The van der Waals surface area contributed by atoms with Crippen LogP contribution in [0.1, 0.15) is 52.1 Å². The van der Waals surface area contributed by atoms with Crippen molar-refractivity contribution in [3.63, 3.8) is 0 Å². The van der Waals surface area contributed by atoms with Crippen LogP contribution in [0.5, 0.6) is 5.75 Å². The molecule has 2 atom stereocenters. The molecule has 0 bridgehead atoms. The van der Waals surface area contributed by atoms with Crippen molar-refractivity contribution in [2.45, 2.75) is 52.2 Å². The zero-order chi connectivity index (χ0) is 15.6. The predicted molar refractivity (Wildman–Crippen MR) is 82.2 cm³/mol. The topological polar surface area (TPSA) is 49.8 Å². The molecule has 1 amide bonds. The Labute approximate surface area is 126 Å². The molecule has 1 saturated heterocycles. The largest absolute Gasteiger partial charge is 0.508 e. The SMILES string of the molecule is C[C@@H]1CCN(C(=O)OC(C)(C)C)[C@H](c2ccc(O)cc2)C1. The van der Waals surface area contributed by atoms with E-state index >= 15 is 0 Å². The first-order chi connectivity index (χ1) is 9.76. The predicted octanol–water partition coefficient (Wildman–Crippen LogP) is 4.10. The molecule has 0 aliphatic carbocycles. The Kier molecular flexibility index (Phi) is 4.45. The maximum Gasteiger partial charge on any atom is 0.410 e. The van der Waals surface area contributed by atoms with E-state index in [2.05, 4.69) is 6.92 Å². The number of phenolic OH excluding ortho intramolecular Hbond substituents is 1. The number of amides is 1. The van der Waals surface area contributed by atoms with Gasteiger partial charge in [0.05, 0.1) is 6.04 Å². The number of hydrogen-bond acceptors (Lipinski definition) is 3.